The molecule has 1 heterocycles. The van der Waals surface area contributed by atoms with Crippen LogP contribution in [0.5, 0.6) is 5.75 Å². The van der Waals surface area contributed by atoms with Crippen LogP contribution in [0.4, 0.5) is 11.6 Å². The molecule has 31 heavy (non-hydrogen) atoms. The molecule has 0 saturated carbocycles. The summed E-state index contributed by atoms with van der Waals surface area (Å²) in [6.07, 6.45) is 4.44. The monoisotopic (exact) mass is 420 g/mol. The summed E-state index contributed by atoms with van der Waals surface area (Å²) in [6.45, 7) is 3.86. The summed E-state index contributed by atoms with van der Waals surface area (Å²) in [4.78, 5) is 23.3. The first-order valence-corrected chi connectivity index (χ1v) is 10.3. The minimum Gasteiger partial charge on any atom is -0.497 e. The van der Waals surface area contributed by atoms with E-state index in [0.29, 0.717) is 31.2 Å². The van der Waals surface area contributed by atoms with Crippen molar-refractivity contribution in [2.45, 2.75) is 13.3 Å². The average Bonchev–Trinajstić information content (AvgIpc) is 2.82. The third-order valence-corrected chi connectivity index (χ3v) is 4.81. The van der Waals surface area contributed by atoms with Gasteiger partial charge in [-0.1, -0.05) is 19.1 Å². The fourth-order valence-electron chi connectivity index (χ4n) is 3.12. The lowest BCUT2D eigenvalue weighted by Crippen LogP contribution is -2.34. The van der Waals surface area contributed by atoms with E-state index in [2.05, 4.69) is 22.2 Å². The lowest BCUT2D eigenvalue weighted by molar-refractivity contribution is 0.0695. The molecule has 0 fully saturated rings. The summed E-state index contributed by atoms with van der Waals surface area (Å²) < 4.78 is 10.3. The molecule has 0 aliphatic rings. The van der Waals surface area contributed by atoms with Gasteiger partial charge in [-0.2, -0.15) is 0 Å². The number of rotatable bonds is 10. The molecule has 7 nitrogen and oxygen atoms in total. The molecule has 0 saturated heterocycles. The zero-order chi connectivity index (χ0) is 22.1. The number of methoxy groups -OCH3 is 2. The smallest absolute Gasteiger partial charge is 0.253 e. The second-order valence-corrected chi connectivity index (χ2v) is 7.01. The molecular weight excluding hydrogens is 392 g/mol. The van der Waals surface area contributed by atoms with Gasteiger partial charge in [0.1, 0.15) is 5.75 Å². The van der Waals surface area contributed by atoms with Crippen LogP contribution in [0, 0.1) is 0 Å². The van der Waals surface area contributed by atoms with Gasteiger partial charge < -0.3 is 19.7 Å². The molecule has 0 aliphatic carbocycles. The first-order chi connectivity index (χ1) is 15.1. The van der Waals surface area contributed by atoms with Crippen LogP contribution in [0.1, 0.15) is 23.7 Å². The van der Waals surface area contributed by atoms with Gasteiger partial charge in [0, 0.05) is 49.4 Å². The molecule has 7 heteroatoms. The van der Waals surface area contributed by atoms with Gasteiger partial charge in [0.2, 0.25) is 5.95 Å². The summed E-state index contributed by atoms with van der Waals surface area (Å²) in [5, 5.41) is 3.17. The average molecular weight is 421 g/mol. The van der Waals surface area contributed by atoms with Crippen molar-refractivity contribution in [2.75, 3.05) is 39.2 Å². The van der Waals surface area contributed by atoms with E-state index in [1.54, 1.807) is 26.6 Å². The van der Waals surface area contributed by atoms with Gasteiger partial charge in [-0.15, -0.1) is 0 Å². The number of nitrogens with one attached hydrogen (secondary N) is 1. The lowest BCUT2D eigenvalue weighted by atomic mass is 10.1. The van der Waals surface area contributed by atoms with Crippen molar-refractivity contribution in [3.05, 3.63) is 66.5 Å². The van der Waals surface area contributed by atoms with E-state index in [1.165, 1.54) is 0 Å². The fourth-order valence-corrected chi connectivity index (χ4v) is 3.12. The number of ether oxygens (including phenoxy) is 2. The number of hydrogen-bond donors (Lipinski definition) is 1. The summed E-state index contributed by atoms with van der Waals surface area (Å²) in [5.41, 5.74) is 3.39. The molecule has 1 amide bonds. The Hall–Kier alpha value is -3.45. The van der Waals surface area contributed by atoms with Crippen LogP contribution in [-0.2, 0) is 4.74 Å². The number of aromatic nitrogens is 2. The minimum atomic E-state index is 0.00513. The molecule has 1 N–H and O–H groups in total. The highest BCUT2D eigenvalue weighted by Crippen LogP contribution is 2.22. The van der Waals surface area contributed by atoms with Gasteiger partial charge in [0.15, 0.2) is 0 Å². The lowest BCUT2D eigenvalue weighted by Gasteiger charge is -2.22. The third kappa shape index (κ3) is 6.02. The van der Waals surface area contributed by atoms with Crippen molar-refractivity contribution in [3.63, 3.8) is 0 Å². The van der Waals surface area contributed by atoms with Crippen LogP contribution < -0.4 is 10.1 Å². The molecule has 0 bridgehead atoms. The molecule has 0 spiro atoms. The highest BCUT2D eigenvalue weighted by Gasteiger charge is 2.14. The maximum absolute atomic E-state index is 12.7. The van der Waals surface area contributed by atoms with Crippen LogP contribution in [-0.4, -0.2) is 54.7 Å². The highest BCUT2D eigenvalue weighted by atomic mass is 16.5. The Morgan fingerprint density at radius 1 is 0.935 bits per heavy atom. The van der Waals surface area contributed by atoms with Gasteiger partial charge in [-0.3, -0.25) is 4.79 Å². The molecule has 162 valence electrons. The Morgan fingerprint density at radius 3 is 2.19 bits per heavy atom. The van der Waals surface area contributed by atoms with Gasteiger partial charge in [-0.05, 0) is 48.4 Å². The van der Waals surface area contributed by atoms with Crippen LogP contribution in [0.25, 0.3) is 11.1 Å². The van der Waals surface area contributed by atoms with Crippen LogP contribution in [0.15, 0.2) is 60.9 Å². The Bertz CT molecular complexity index is 958. The maximum atomic E-state index is 12.7. The first kappa shape index (κ1) is 22.2. The van der Waals surface area contributed by atoms with Crippen LogP contribution in [0.3, 0.4) is 0 Å². The van der Waals surface area contributed by atoms with E-state index in [4.69, 9.17) is 9.47 Å². The van der Waals surface area contributed by atoms with Crippen LogP contribution in [0.2, 0.25) is 0 Å². The Morgan fingerprint density at radius 2 is 1.61 bits per heavy atom. The predicted octanol–water partition coefficient (Wildman–Crippen LogP) is 4.39. The van der Waals surface area contributed by atoms with Crippen LogP contribution >= 0.6 is 0 Å². The Labute approximate surface area is 183 Å². The second kappa shape index (κ2) is 11.1. The van der Waals surface area contributed by atoms with Gasteiger partial charge in [0.05, 0.1) is 13.7 Å². The highest BCUT2D eigenvalue weighted by molar-refractivity contribution is 5.94. The van der Waals surface area contributed by atoms with E-state index in [-0.39, 0.29) is 5.91 Å². The number of amides is 1. The fraction of sp³-hybridized carbons (Fsp3) is 0.292. The maximum Gasteiger partial charge on any atom is 0.253 e. The summed E-state index contributed by atoms with van der Waals surface area (Å²) >= 11 is 0. The quantitative estimate of drug-likeness (QED) is 0.524. The Balaban J connectivity index is 1.64. The van der Waals surface area contributed by atoms with Crippen molar-refractivity contribution >= 4 is 17.5 Å². The molecular formula is C24H28N4O3. The van der Waals surface area contributed by atoms with Gasteiger partial charge in [0.25, 0.3) is 5.91 Å². The number of nitrogens with zero attached hydrogens (tertiary/aromatic N) is 3. The van der Waals surface area contributed by atoms with Crippen molar-refractivity contribution in [2.24, 2.45) is 0 Å². The Kier molecular flexibility index (Phi) is 7.95. The summed E-state index contributed by atoms with van der Waals surface area (Å²) in [7, 11) is 3.28. The minimum absolute atomic E-state index is 0.00513. The first-order valence-electron chi connectivity index (χ1n) is 10.3. The molecule has 2 aromatic carbocycles. The number of carbonyl (C=O) groups is 1. The van der Waals surface area contributed by atoms with E-state index in [1.807, 2.05) is 53.4 Å². The van der Waals surface area contributed by atoms with Gasteiger partial charge >= 0.3 is 0 Å². The summed E-state index contributed by atoms with van der Waals surface area (Å²) in [6, 6.07) is 15.1. The van der Waals surface area contributed by atoms with Gasteiger partial charge in [-0.25, -0.2) is 9.97 Å². The molecule has 0 unspecified atom stereocenters. The summed E-state index contributed by atoms with van der Waals surface area (Å²) in [5.74, 6) is 1.30. The largest absolute Gasteiger partial charge is 0.497 e. The second-order valence-electron chi connectivity index (χ2n) is 7.01. The number of hydrogen-bond acceptors (Lipinski definition) is 6. The van der Waals surface area contributed by atoms with Crippen molar-refractivity contribution in [1.82, 2.24) is 14.9 Å². The molecule has 0 atom stereocenters. The molecule has 3 rings (SSSR count). The molecule has 1 aromatic heterocycles. The van der Waals surface area contributed by atoms with E-state index >= 15 is 0 Å². The SMILES string of the molecule is CCCN(CCOC)C(=O)c1ccc(Nc2ncc(-c3ccc(OC)cc3)cn2)cc1. The van der Waals surface area contributed by atoms with E-state index < -0.39 is 0 Å². The van der Waals surface area contributed by atoms with Crippen molar-refractivity contribution in [3.8, 4) is 16.9 Å². The molecule has 0 radical (unpaired) electrons. The predicted molar refractivity (Wildman–Crippen MR) is 122 cm³/mol. The zero-order valence-corrected chi connectivity index (χ0v) is 18.2. The molecule has 3 aromatic rings. The standard InChI is InChI=1S/C24H28N4O3/c1-4-13-28(14-15-30-2)23(29)19-5-9-21(10-6-19)27-24-25-16-20(17-26-24)18-7-11-22(31-3)12-8-18/h5-12,16-17H,4,13-15H2,1-3H3,(H,25,26,27). The normalized spacial score (nSPS) is 10.5. The third-order valence-electron chi connectivity index (χ3n) is 4.81. The molecule has 0 aliphatic heterocycles. The number of carbonyl (C=O) groups excluding carboxylic acids is 1. The van der Waals surface area contributed by atoms with E-state index in [9.17, 15) is 4.79 Å². The number of benzene rings is 2. The van der Waals surface area contributed by atoms with Crippen molar-refractivity contribution in [1.29, 1.82) is 0 Å². The van der Waals surface area contributed by atoms with Crippen molar-refractivity contribution < 1.29 is 14.3 Å². The van der Waals surface area contributed by atoms with E-state index in [0.717, 1.165) is 29.0 Å². The topological polar surface area (TPSA) is 76.6 Å². The number of anilines is 2. The zero-order valence-electron chi connectivity index (χ0n) is 18.2.